The Morgan fingerprint density at radius 1 is 1.62 bits per heavy atom. The van der Waals surface area contributed by atoms with Crippen LogP contribution >= 0.6 is 0 Å². The normalized spacial score (nSPS) is 23.6. The summed E-state index contributed by atoms with van der Waals surface area (Å²) in [6.07, 6.45) is 1.06. The molecular weight excluding hydrogens is 172 g/mol. The monoisotopic (exact) mass is 188 g/mol. The number of rotatable bonds is 5. The van der Waals surface area contributed by atoms with E-state index in [9.17, 15) is 9.90 Å². The summed E-state index contributed by atoms with van der Waals surface area (Å²) in [6, 6.07) is 0. The van der Waals surface area contributed by atoms with Crippen LogP contribution in [0.4, 0.5) is 0 Å². The number of hydrogen-bond donors (Lipinski definition) is 3. The third-order valence-corrected chi connectivity index (χ3v) is 2.84. The SMILES string of the molecule is CC(CC(O)CO)(C(=O)O)C1CC1. The van der Waals surface area contributed by atoms with Gasteiger partial charge in [-0.1, -0.05) is 0 Å². The molecule has 0 aromatic heterocycles. The molecule has 0 heterocycles. The minimum atomic E-state index is -0.915. The third kappa shape index (κ3) is 2.19. The minimum absolute atomic E-state index is 0.142. The van der Waals surface area contributed by atoms with Crippen molar-refractivity contribution in [1.82, 2.24) is 0 Å². The van der Waals surface area contributed by atoms with Crippen LogP contribution in [0.1, 0.15) is 26.2 Å². The summed E-state index contributed by atoms with van der Waals surface area (Å²) in [5.41, 5.74) is -0.859. The fourth-order valence-corrected chi connectivity index (χ4v) is 1.70. The van der Waals surface area contributed by atoms with Gasteiger partial charge in [-0.05, 0) is 32.1 Å². The molecule has 13 heavy (non-hydrogen) atoms. The molecule has 3 N–H and O–H groups in total. The number of aliphatic hydroxyl groups excluding tert-OH is 2. The van der Waals surface area contributed by atoms with E-state index < -0.39 is 17.5 Å². The molecular formula is C9H16O4. The molecule has 2 atom stereocenters. The lowest BCUT2D eigenvalue weighted by Crippen LogP contribution is -2.35. The van der Waals surface area contributed by atoms with Gasteiger partial charge in [0.15, 0.2) is 0 Å². The molecule has 2 unspecified atom stereocenters. The van der Waals surface area contributed by atoms with Crippen LogP contribution in [0.2, 0.25) is 0 Å². The molecule has 0 saturated heterocycles. The van der Waals surface area contributed by atoms with Crippen molar-refractivity contribution >= 4 is 5.97 Å². The number of hydrogen-bond acceptors (Lipinski definition) is 3. The van der Waals surface area contributed by atoms with E-state index >= 15 is 0 Å². The molecule has 0 aromatic carbocycles. The molecule has 1 aliphatic carbocycles. The summed E-state index contributed by atoms with van der Waals surface area (Å²) >= 11 is 0. The van der Waals surface area contributed by atoms with Crippen LogP contribution in [0, 0.1) is 11.3 Å². The third-order valence-electron chi connectivity index (χ3n) is 2.84. The smallest absolute Gasteiger partial charge is 0.309 e. The van der Waals surface area contributed by atoms with Crippen LogP contribution in [-0.2, 0) is 4.79 Å². The zero-order valence-corrected chi connectivity index (χ0v) is 7.73. The molecule has 4 nitrogen and oxygen atoms in total. The Morgan fingerprint density at radius 2 is 2.15 bits per heavy atom. The standard InChI is InChI=1S/C9H16O4/c1-9(8(12)13,6-2-3-6)4-7(11)5-10/h6-7,10-11H,2-5H2,1H3,(H,12,13). The molecule has 0 radical (unpaired) electrons. The van der Waals surface area contributed by atoms with Gasteiger partial charge in [-0.3, -0.25) is 4.79 Å². The predicted molar refractivity (Wildman–Crippen MR) is 46.2 cm³/mol. The van der Waals surface area contributed by atoms with Crippen LogP contribution in [-0.4, -0.2) is 34.0 Å². The van der Waals surface area contributed by atoms with Crippen molar-refractivity contribution in [3.63, 3.8) is 0 Å². The maximum Gasteiger partial charge on any atom is 0.309 e. The van der Waals surface area contributed by atoms with E-state index in [-0.39, 0.29) is 18.9 Å². The molecule has 4 heteroatoms. The lowest BCUT2D eigenvalue weighted by Gasteiger charge is -2.26. The lowest BCUT2D eigenvalue weighted by atomic mass is 9.80. The molecule has 1 fully saturated rings. The van der Waals surface area contributed by atoms with Crippen LogP contribution in [0.3, 0.4) is 0 Å². The average molecular weight is 188 g/mol. The highest BCUT2D eigenvalue weighted by Gasteiger charge is 2.48. The van der Waals surface area contributed by atoms with Crippen molar-refractivity contribution in [1.29, 1.82) is 0 Å². The molecule has 0 bridgehead atoms. The zero-order valence-electron chi connectivity index (χ0n) is 7.73. The second kappa shape index (κ2) is 3.64. The van der Waals surface area contributed by atoms with Gasteiger partial charge in [0.05, 0.1) is 18.1 Å². The molecule has 0 aromatic rings. The predicted octanol–water partition coefficient (Wildman–Crippen LogP) is 0.231. The quantitative estimate of drug-likeness (QED) is 0.577. The van der Waals surface area contributed by atoms with Gasteiger partial charge in [0, 0.05) is 0 Å². The lowest BCUT2D eigenvalue weighted by molar-refractivity contribution is -0.151. The molecule has 76 valence electrons. The van der Waals surface area contributed by atoms with Crippen molar-refractivity contribution in [2.45, 2.75) is 32.3 Å². The summed E-state index contributed by atoms with van der Waals surface area (Å²) in [4.78, 5) is 11.0. The number of carbonyl (C=O) groups is 1. The zero-order chi connectivity index (χ0) is 10.1. The molecule has 1 saturated carbocycles. The largest absolute Gasteiger partial charge is 0.481 e. The van der Waals surface area contributed by atoms with Crippen molar-refractivity contribution in [3.05, 3.63) is 0 Å². The first kappa shape index (κ1) is 10.5. The number of carboxylic acids is 1. The van der Waals surface area contributed by atoms with E-state index in [0.717, 1.165) is 12.8 Å². The highest BCUT2D eigenvalue weighted by atomic mass is 16.4. The molecule has 0 amide bonds. The maximum atomic E-state index is 11.0. The minimum Gasteiger partial charge on any atom is -0.481 e. The summed E-state index contributed by atoms with van der Waals surface area (Å²) < 4.78 is 0. The molecule has 0 spiro atoms. The van der Waals surface area contributed by atoms with Crippen LogP contribution in [0.5, 0.6) is 0 Å². The Morgan fingerprint density at radius 3 is 2.46 bits per heavy atom. The first-order valence-electron chi connectivity index (χ1n) is 4.53. The summed E-state index contributed by atoms with van der Waals surface area (Å²) in [5, 5.41) is 26.8. The second-order valence-electron chi connectivity index (χ2n) is 4.04. The van der Waals surface area contributed by atoms with Crippen molar-refractivity contribution in [3.8, 4) is 0 Å². The van der Waals surface area contributed by atoms with Gasteiger partial charge >= 0.3 is 5.97 Å². The van der Waals surface area contributed by atoms with E-state index in [1.807, 2.05) is 0 Å². The van der Waals surface area contributed by atoms with E-state index in [1.165, 1.54) is 0 Å². The van der Waals surface area contributed by atoms with Crippen LogP contribution in [0.15, 0.2) is 0 Å². The topological polar surface area (TPSA) is 77.8 Å². The van der Waals surface area contributed by atoms with Crippen LogP contribution in [0.25, 0.3) is 0 Å². The van der Waals surface area contributed by atoms with Crippen molar-refractivity contribution in [2.75, 3.05) is 6.61 Å². The first-order chi connectivity index (χ1) is 6.00. The van der Waals surface area contributed by atoms with Gasteiger partial charge in [-0.25, -0.2) is 0 Å². The van der Waals surface area contributed by atoms with Gasteiger partial charge in [0.1, 0.15) is 0 Å². The summed E-state index contributed by atoms with van der Waals surface area (Å²) in [5.74, 6) is -0.700. The highest BCUT2D eigenvalue weighted by Crippen LogP contribution is 2.48. The maximum absolute atomic E-state index is 11.0. The molecule has 0 aliphatic heterocycles. The van der Waals surface area contributed by atoms with Gasteiger partial charge in [-0.2, -0.15) is 0 Å². The van der Waals surface area contributed by atoms with Gasteiger partial charge in [0.25, 0.3) is 0 Å². The van der Waals surface area contributed by atoms with E-state index in [4.69, 9.17) is 10.2 Å². The number of carboxylic acid groups (broad SMARTS) is 1. The van der Waals surface area contributed by atoms with Crippen molar-refractivity contribution in [2.24, 2.45) is 11.3 Å². The van der Waals surface area contributed by atoms with E-state index in [2.05, 4.69) is 0 Å². The Balaban J connectivity index is 2.61. The molecule has 1 rings (SSSR count). The Bertz CT molecular complexity index is 200. The number of aliphatic carboxylic acids is 1. The summed E-state index contributed by atoms with van der Waals surface area (Å²) in [7, 11) is 0. The highest BCUT2D eigenvalue weighted by molar-refractivity contribution is 5.75. The van der Waals surface area contributed by atoms with Gasteiger partial charge in [0.2, 0.25) is 0 Å². The second-order valence-corrected chi connectivity index (χ2v) is 4.04. The number of aliphatic hydroxyl groups is 2. The fraction of sp³-hybridized carbons (Fsp3) is 0.889. The van der Waals surface area contributed by atoms with Gasteiger partial charge < -0.3 is 15.3 Å². The Labute approximate surface area is 77.2 Å². The summed E-state index contributed by atoms with van der Waals surface area (Å²) in [6.45, 7) is 1.28. The van der Waals surface area contributed by atoms with Crippen molar-refractivity contribution < 1.29 is 20.1 Å². The Hall–Kier alpha value is -0.610. The van der Waals surface area contributed by atoms with Crippen LogP contribution < -0.4 is 0 Å². The molecule has 1 aliphatic rings. The Kier molecular flexibility index (Phi) is 2.93. The average Bonchev–Trinajstić information content (AvgIpc) is 2.85. The van der Waals surface area contributed by atoms with Gasteiger partial charge in [-0.15, -0.1) is 0 Å². The van der Waals surface area contributed by atoms with E-state index in [0.29, 0.717) is 0 Å². The first-order valence-corrected chi connectivity index (χ1v) is 4.53. The van der Waals surface area contributed by atoms with E-state index in [1.54, 1.807) is 6.92 Å². The fourth-order valence-electron chi connectivity index (χ4n) is 1.70.